The topological polar surface area (TPSA) is 24.4 Å². The summed E-state index contributed by atoms with van der Waals surface area (Å²) in [5.74, 6) is 0. The second-order valence-corrected chi connectivity index (χ2v) is 8.99. The lowest BCUT2D eigenvalue weighted by Crippen LogP contribution is -2.21. The van der Waals surface area contributed by atoms with Gasteiger partial charge in [-0.2, -0.15) is 0 Å². The maximum absolute atomic E-state index is 6.21. The van der Waals surface area contributed by atoms with Crippen molar-refractivity contribution < 1.29 is 1.37 Å². The van der Waals surface area contributed by atoms with E-state index in [1.165, 1.54) is 47.2 Å². The van der Waals surface area contributed by atoms with Crippen LogP contribution in [0.1, 0.15) is 90.4 Å². The fraction of sp³-hybridized carbons (Fsp3) is 0.519. The van der Waals surface area contributed by atoms with Crippen LogP contribution >= 0.6 is 23.2 Å². The van der Waals surface area contributed by atoms with Crippen molar-refractivity contribution in [2.45, 2.75) is 92.8 Å². The Morgan fingerprint density at radius 2 is 1.58 bits per heavy atom. The number of aliphatic imine (C=N–C) groups is 1. The number of halogens is 2. The molecular formula is C27H40Cl2N2. The van der Waals surface area contributed by atoms with E-state index in [4.69, 9.17) is 24.6 Å². The molecule has 172 valence electrons. The number of nitrogens with zero attached hydrogens (tertiary/aromatic N) is 1. The van der Waals surface area contributed by atoms with E-state index in [1.807, 2.05) is 24.3 Å². The van der Waals surface area contributed by atoms with Gasteiger partial charge < -0.3 is 5.32 Å². The van der Waals surface area contributed by atoms with Crippen LogP contribution in [0, 0.1) is 13.8 Å². The SMILES string of the molecule is C.Cc1cc(Cl)ccc1C1=NC(C)CC1.Cc1cc(Cl)ccc1C1CCC(C)N1.[2H]CC. The third-order valence-corrected chi connectivity index (χ3v) is 6.13. The van der Waals surface area contributed by atoms with E-state index in [-0.39, 0.29) is 7.43 Å². The maximum atomic E-state index is 6.21. The summed E-state index contributed by atoms with van der Waals surface area (Å²) in [5.41, 5.74) is 6.43. The largest absolute Gasteiger partial charge is 0.307 e. The molecule has 0 saturated carbocycles. The number of hydrogen-bond donors (Lipinski definition) is 1. The molecule has 2 aliphatic rings. The van der Waals surface area contributed by atoms with Crippen LogP contribution in [0.25, 0.3) is 0 Å². The van der Waals surface area contributed by atoms with Crippen LogP contribution < -0.4 is 5.32 Å². The van der Waals surface area contributed by atoms with E-state index < -0.39 is 0 Å². The van der Waals surface area contributed by atoms with Gasteiger partial charge in [0, 0.05) is 35.3 Å². The predicted molar refractivity (Wildman–Crippen MR) is 140 cm³/mol. The molecule has 0 spiro atoms. The Kier molecular flexibility index (Phi) is 11.1. The number of hydrogen-bond acceptors (Lipinski definition) is 2. The summed E-state index contributed by atoms with van der Waals surface area (Å²) in [7, 11) is 0. The molecule has 4 heteroatoms. The molecule has 0 radical (unpaired) electrons. The molecule has 2 heterocycles. The zero-order valence-electron chi connectivity index (χ0n) is 19.9. The summed E-state index contributed by atoms with van der Waals surface area (Å²) in [5, 5.41) is 5.22. The first-order valence-corrected chi connectivity index (χ1v) is 11.6. The molecule has 0 bridgehead atoms. The molecule has 2 aliphatic heterocycles. The molecule has 2 aromatic carbocycles. The third kappa shape index (κ3) is 7.93. The Hall–Kier alpha value is -1.35. The maximum Gasteiger partial charge on any atom is 0.0478 e. The van der Waals surface area contributed by atoms with Gasteiger partial charge in [0.1, 0.15) is 0 Å². The Labute approximate surface area is 201 Å². The lowest BCUT2D eigenvalue weighted by Gasteiger charge is -2.15. The van der Waals surface area contributed by atoms with E-state index in [1.54, 1.807) is 6.92 Å². The van der Waals surface area contributed by atoms with Crippen molar-refractivity contribution >= 4 is 28.9 Å². The van der Waals surface area contributed by atoms with Crippen molar-refractivity contribution in [1.29, 1.82) is 0 Å². The minimum atomic E-state index is 0. The zero-order chi connectivity index (χ0) is 23.0. The number of aryl methyl sites for hydroxylation is 2. The van der Waals surface area contributed by atoms with E-state index in [2.05, 4.69) is 50.1 Å². The predicted octanol–water partition coefficient (Wildman–Crippen LogP) is 8.74. The van der Waals surface area contributed by atoms with Crippen LogP contribution in [0.3, 0.4) is 0 Å². The molecule has 1 saturated heterocycles. The highest BCUT2D eigenvalue weighted by Gasteiger charge is 2.22. The first-order chi connectivity index (χ1) is 14.7. The van der Waals surface area contributed by atoms with Gasteiger partial charge in [-0.1, -0.05) is 56.6 Å². The Bertz CT molecular complexity index is 882. The van der Waals surface area contributed by atoms with E-state index in [9.17, 15) is 0 Å². The Balaban J connectivity index is 0.000000278. The fourth-order valence-electron chi connectivity index (χ4n) is 4.10. The number of rotatable bonds is 2. The molecule has 1 N–H and O–H groups in total. The normalized spacial score (nSPS) is 22.2. The Morgan fingerprint density at radius 3 is 2.06 bits per heavy atom. The van der Waals surface area contributed by atoms with Crippen molar-refractivity contribution in [3.8, 4) is 0 Å². The van der Waals surface area contributed by atoms with Gasteiger partial charge in [-0.05, 0) is 99.9 Å². The molecule has 3 atom stereocenters. The van der Waals surface area contributed by atoms with Gasteiger partial charge in [-0.3, -0.25) is 4.99 Å². The van der Waals surface area contributed by atoms with E-state index >= 15 is 0 Å². The van der Waals surface area contributed by atoms with Crippen molar-refractivity contribution in [2.75, 3.05) is 0 Å². The van der Waals surface area contributed by atoms with Crippen LogP contribution in [0.15, 0.2) is 41.4 Å². The summed E-state index contributed by atoms with van der Waals surface area (Å²) in [6, 6.07) is 13.9. The van der Waals surface area contributed by atoms with Crippen LogP contribution in [0.2, 0.25) is 10.0 Å². The van der Waals surface area contributed by atoms with Gasteiger partial charge in [0.2, 0.25) is 0 Å². The van der Waals surface area contributed by atoms with Crippen molar-refractivity contribution in [2.24, 2.45) is 4.99 Å². The average Bonchev–Trinajstić information content (AvgIpc) is 3.31. The molecule has 0 aliphatic carbocycles. The van der Waals surface area contributed by atoms with Gasteiger partial charge in [0.15, 0.2) is 0 Å². The molecular weight excluding hydrogens is 423 g/mol. The molecule has 0 aromatic heterocycles. The van der Waals surface area contributed by atoms with Crippen LogP contribution in [0.4, 0.5) is 0 Å². The highest BCUT2D eigenvalue weighted by atomic mass is 35.5. The lowest BCUT2D eigenvalue weighted by molar-refractivity contribution is 0.583. The van der Waals surface area contributed by atoms with Crippen molar-refractivity contribution in [3.63, 3.8) is 0 Å². The minimum Gasteiger partial charge on any atom is -0.307 e. The van der Waals surface area contributed by atoms with Crippen molar-refractivity contribution in [3.05, 3.63) is 68.7 Å². The third-order valence-electron chi connectivity index (χ3n) is 5.66. The zero-order valence-corrected chi connectivity index (χ0v) is 20.4. The highest BCUT2D eigenvalue weighted by molar-refractivity contribution is 6.31. The molecule has 31 heavy (non-hydrogen) atoms. The second-order valence-electron chi connectivity index (χ2n) is 8.12. The number of benzene rings is 2. The second kappa shape index (κ2) is 13.3. The van der Waals surface area contributed by atoms with E-state index in [0.717, 1.165) is 16.5 Å². The number of nitrogens with one attached hydrogen (secondary N) is 1. The molecule has 0 amide bonds. The van der Waals surface area contributed by atoms with Gasteiger partial charge in [0.25, 0.3) is 0 Å². The monoisotopic (exact) mass is 463 g/mol. The molecule has 4 rings (SSSR count). The molecule has 1 fully saturated rings. The first-order valence-electron chi connectivity index (χ1n) is 11.6. The quantitative estimate of drug-likeness (QED) is 0.472. The van der Waals surface area contributed by atoms with Crippen LogP contribution in [-0.4, -0.2) is 17.8 Å². The van der Waals surface area contributed by atoms with Gasteiger partial charge in [0.05, 0.1) is 0 Å². The van der Waals surface area contributed by atoms with Crippen molar-refractivity contribution in [1.82, 2.24) is 5.32 Å². The van der Waals surface area contributed by atoms with Crippen LogP contribution in [0.5, 0.6) is 0 Å². The molecule has 3 unspecified atom stereocenters. The summed E-state index contributed by atoms with van der Waals surface area (Å²) < 4.78 is 6.21. The minimum absolute atomic E-state index is 0. The highest BCUT2D eigenvalue weighted by Crippen LogP contribution is 2.29. The smallest absolute Gasteiger partial charge is 0.0478 e. The average molecular weight is 465 g/mol. The molecule has 2 nitrogen and oxygen atoms in total. The standard InChI is InChI=1S/C12H16ClN.C12H14ClN.C2H6.CH4/c2*1-8-7-10(13)4-5-11(8)12-6-3-9(2)14-12;1-2;/h4-5,7,9,12,14H,3,6H2,1-2H3;4-5,7,9H,3,6H2,1-2H3;1-2H3;1H4/i;;1D;. The summed E-state index contributed by atoms with van der Waals surface area (Å²) in [6.45, 7) is 10.9. The van der Waals surface area contributed by atoms with Crippen LogP contribution in [-0.2, 0) is 0 Å². The van der Waals surface area contributed by atoms with Gasteiger partial charge >= 0.3 is 0 Å². The molecule has 2 aromatic rings. The summed E-state index contributed by atoms with van der Waals surface area (Å²) in [4.78, 5) is 4.62. The first kappa shape index (κ1) is 25.9. The van der Waals surface area contributed by atoms with Gasteiger partial charge in [-0.15, -0.1) is 0 Å². The van der Waals surface area contributed by atoms with E-state index in [0.29, 0.717) is 25.0 Å². The Morgan fingerprint density at radius 1 is 0.968 bits per heavy atom. The summed E-state index contributed by atoms with van der Waals surface area (Å²) >= 11 is 11.8. The lowest BCUT2D eigenvalue weighted by atomic mass is 10.0. The summed E-state index contributed by atoms with van der Waals surface area (Å²) in [6.07, 6.45) is 4.79. The van der Waals surface area contributed by atoms with Gasteiger partial charge in [-0.25, -0.2) is 0 Å². The fourth-order valence-corrected chi connectivity index (χ4v) is 4.55.